The molecule has 1 heterocycles. The van der Waals surface area contributed by atoms with Gasteiger partial charge in [0.2, 0.25) is 10.0 Å². The topological polar surface area (TPSA) is 84.3 Å². The molecule has 0 amide bonds. The molecule has 0 bridgehead atoms. The van der Waals surface area contributed by atoms with Crippen LogP contribution in [-0.4, -0.2) is 77.9 Å². The van der Waals surface area contributed by atoms with Gasteiger partial charge in [-0.3, -0.25) is 0 Å². The zero-order valence-electron chi connectivity index (χ0n) is 16.1. The lowest BCUT2D eigenvalue weighted by Crippen LogP contribution is -3.06. The summed E-state index contributed by atoms with van der Waals surface area (Å²) in [6.45, 7) is 5.48. The summed E-state index contributed by atoms with van der Waals surface area (Å²) >= 11 is 5.33. The number of nitrogens with zero attached hydrogens (tertiary/aromatic N) is 1. The molecule has 0 atom stereocenters. The summed E-state index contributed by atoms with van der Waals surface area (Å²) in [5, 5.41) is 6.61. The number of quaternary nitrogens is 1. The van der Waals surface area contributed by atoms with Crippen LogP contribution in [-0.2, 0) is 14.8 Å². The number of rotatable bonds is 8. The SMILES string of the molecule is CCOc1ccc(S(=O)(=O)N2CCOCC2)cc1NC(=S)NCC[NH+](C)C. The maximum atomic E-state index is 12.9. The first-order chi connectivity index (χ1) is 12.8. The number of hydrogen-bond acceptors (Lipinski definition) is 5. The highest BCUT2D eigenvalue weighted by molar-refractivity contribution is 7.89. The number of thiocarbonyl (C=S) groups is 1. The van der Waals surface area contributed by atoms with Crippen LogP contribution in [0.25, 0.3) is 0 Å². The fourth-order valence-corrected chi connectivity index (χ4v) is 4.22. The Morgan fingerprint density at radius 3 is 2.67 bits per heavy atom. The third-order valence-electron chi connectivity index (χ3n) is 4.02. The Morgan fingerprint density at radius 2 is 2.04 bits per heavy atom. The monoisotopic (exact) mass is 417 g/mol. The van der Waals surface area contributed by atoms with E-state index in [0.717, 1.165) is 6.54 Å². The second kappa shape index (κ2) is 10.2. The van der Waals surface area contributed by atoms with Gasteiger partial charge in [0.25, 0.3) is 0 Å². The number of anilines is 1. The van der Waals surface area contributed by atoms with Crippen LogP contribution in [0.15, 0.2) is 23.1 Å². The number of hydrogen-bond donors (Lipinski definition) is 3. The molecule has 0 saturated carbocycles. The van der Waals surface area contributed by atoms with Crippen molar-refractivity contribution in [3.63, 3.8) is 0 Å². The summed E-state index contributed by atoms with van der Waals surface area (Å²) in [7, 11) is 0.532. The van der Waals surface area contributed by atoms with Gasteiger partial charge in [0.05, 0.1) is 57.6 Å². The Labute approximate surface area is 166 Å². The largest absolute Gasteiger partial charge is 0.492 e. The Balaban J connectivity index is 2.18. The van der Waals surface area contributed by atoms with Crippen LogP contribution in [0, 0.1) is 0 Å². The highest BCUT2D eigenvalue weighted by atomic mass is 32.2. The molecule has 0 aromatic heterocycles. The molecule has 10 heteroatoms. The average molecular weight is 418 g/mol. The van der Waals surface area contributed by atoms with Crippen LogP contribution < -0.4 is 20.3 Å². The smallest absolute Gasteiger partial charge is 0.243 e. The van der Waals surface area contributed by atoms with Crippen molar-refractivity contribution in [1.29, 1.82) is 0 Å². The fraction of sp³-hybridized carbons (Fsp3) is 0.588. The number of nitrogens with one attached hydrogen (secondary N) is 3. The van der Waals surface area contributed by atoms with E-state index in [1.165, 1.54) is 9.21 Å². The van der Waals surface area contributed by atoms with Crippen LogP contribution in [0.3, 0.4) is 0 Å². The maximum Gasteiger partial charge on any atom is 0.243 e. The standard InChI is InChI=1S/C17H28N4O4S2/c1-4-25-16-6-5-14(27(22,23)21-9-11-24-12-10-21)13-15(16)19-17(26)18-7-8-20(2)3/h5-6,13H,4,7-12H2,1-3H3,(H2,18,19,26)/p+1. The number of likely N-dealkylation sites (N-methyl/N-ethyl adjacent to an activating group) is 1. The molecule has 3 N–H and O–H groups in total. The van der Waals surface area contributed by atoms with Gasteiger partial charge in [0.15, 0.2) is 5.11 Å². The summed E-state index contributed by atoms with van der Waals surface area (Å²) in [5.41, 5.74) is 0.529. The second-order valence-corrected chi connectivity index (χ2v) is 8.79. The van der Waals surface area contributed by atoms with Gasteiger partial charge >= 0.3 is 0 Å². The van der Waals surface area contributed by atoms with Gasteiger partial charge in [-0.2, -0.15) is 4.31 Å². The van der Waals surface area contributed by atoms with Gasteiger partial charge in [-0.1, -0.05) is 0 Å². The van der Waals surface area contributed by atoms with Crippen molar-refractivity contribution in [1.82, 2.24) is 9.62 Å². The van der Waals surface area contributed by atoms with E-state index in [1.54, 1.807) is 18.2 Å². The zero-order valence-corrected chi connectivity index (χ0v) is 17.7. The predicted molar refractivity (Wildman–Crippen MR) is 109 cm³/mol. The van der Waals surface area contributed by atoms with Gasteiger partial charge in [0, 0.05) is 13.1 Å². The van der Waals surface area contributed by atoms with Crippen LogP contribution in [0.4, 0.5) is 5.69 Å². The first-order valence-electron chi connectivity index (χ1n) is 9.03. The van der Waals surface area contributed by atoms with E-state index in [-0.39, 0.29) is 4.90 Å². The fourth-order valence-electron chi connectivity index (χ4n) is 2.58. The van der Waals surface area contributed by atoms with Crippen LogP contribution >= 0.6 is 12.2 Å². The number of morpholine rings is 1. The molecular weight excluding hydrogens is 388 g/mol. The number of benzene rings is 1. The number of sulfonamides is 1. The van der Waals surface area contributed by atoms with Crippen molar-refractivity contribution < 1.29 is 22.8 Å². The van der Waals surface area contributed by atoms with E-state index in [2.05, 4.69) is 24.7 Å². The second-order valence-electron chi connectivity index (χ2n) is 6.45. The quantitative estimate of drug-likeness (QED) is 0.494. The van der Waals surface area contributed by atoms with Crippen molar-refractivity contribution in [2.45, 2.75) is 11.8 Å². The van der Waals surface area contributed by atoms with Crippen LogP contribution in [0.5, 0.6) is 5.75 Å². The summed E-state index contributed by atoms with van der Waals surface area (Å²) < 4.78 is 38.1. The minimum atomic E-state index is -3.59. The van der Waals surface area contributed by atoms with Crippen molar-refractivity contribution >= 4 is 33.0 Å². The van der Waals surface area contributed by atoms with E-state index >= 15 is 0 Å². The lowest BCUT2D eigenvalue weighted by atomic mass is 10.3. The van der Waals surface area contributed by atoms with Gasteiger partial charge < -0.3 is 25.0 Å². The lowest BCUT2D eigenvalue weighted by Gasteiger charge is -2.26. The predicted octanol–water partition coefficient (Wildman–Crippen LogP) is -0.463. The van der Waals surface area contributed by atoms with E-state index in [0.29, 0.717) is 56.0 Å². The molecule has 1 aliphatic rings. The molecule has 1 aliphatic heterocycles. The maximum absolute atomic E-state index is 12.9. The molecule has 0 aliphatic carbocycles. The minimum absolute atomic E-state index is 0.205. The van der Waals surface area contributed by atoms with E-state index in [1.807, 2.05) is 6.92 Å². The van der Waals surface area contributed by atoms with E-state index in [9.17, 15) is 8.42 Å². The molecule has 1 aromatic rings. The minimum Gasteiger partial charge on any atom is -0.492 e. The summed E-state index contributed by atoms with van der Waals surface area (Å²) in [5.74, 6) is 0.556. The molecule has 8 nitrogen and oxygen atoms in total. The third kappa shape index (κ3) is 6.28. The van der Waals surface area contributed by atoms with Gasteiger partial charge in [-0.15, -0.1) is 0 Å². The molecule has 0 spiro atoms. The van der Waals surface area contributed by atoms with Gasteiger partial charge in [-0.05, 0) is 37.3 Å². The summed E-state index contributed by atoms with van der Waals surface area (Å²) in [6, 6.07) is 4.79. The van der Waals surface area contributed by atoms with Crippen molar-refractivity contribution in [3.8, 4) is 5.75 Å². The van der Waals surface area contributed by atoms with E-state index in [4.69, 9.17) is 21.7 Å². The summed E-state index contributed by atoms with van der Waals surface area (Å²) in [6.07, 6.45) is 0. The Kier molecular flexibility index (Phi) is 8.24. The van der Waals surface area contributed by atoms with Crippen LogP contribution in [0.2, 0.25) is 0 Å². The molecular formula is C17H29N4O4S2+. The molecule has 0 radical (unpaired) electrons. The van der Waals surface area contributed by atoms with Gasteiger partial charge in [-0.25, -0.2) is 8.42 Å². The molecule has 27 heavy (non-hydrogen) atoms. The van der Waals surface area contributed by atoms with Crippen LogP contribution in [0.1, 0.15) is 6.92 Å². The molecule has 2 rings (SSSR count). The molecule has 1 fully saturated rings. The Bertz CT molecular complexity index is 734. The third-order valence-corrected chi connectivity index (χ3v) is 6.16. The first kappa shape index (κ1) is 21.8. The molecule has 0 unspecified atom stereocenters. The highest BCUT2D eigenvalue weighted by Crippen LogP contribution is 2.29. The average Bonchev–Trinajstić information content (AvgIpc) is 2.63. The van der Waals surface area contributed by atoms with E-state index < -0.39 is 10.0 Å². The molecule has 1 saturated heterocycles. The first-order valence-corrected chi connectivity index (χ1v) is 10.9. The van der Waals surface area contributed by atoms with Crippen molar-refractivity contribution in [2.75, 3.05) is 65.4 Å². The lowest BCUT2D eigenvalue weighted by molar-refractivity contribution is -0.856. The summed E-state index contributed by atoms with van der Waals surface area (Å²) in [4.78, 5) is 1.51. The van der Waals surface area contributed by atoms with Crippen molar-refractivity contribution in [2.24, 2.45) is 0 Å². The molecule has 1 aromatic carbocycles. The normalized spacial score (nSPS) is 15.6. The van der Waals surface area contributed by atoms with Gasteiger partial charge in [0.1, 0.15) is 5.75 Å². The Morgan fingerprint density at radius 1 is 1.33 bits per heavy atom. The van der Waals surface area contributed by atoms with Crippen molar-refractivity contribution in [3.05, 3.63) is 18.2 Å². The zero-order chi connectivity index (χ0) is 19.9. The molecule has 152 valence electrons. The Hall–Kier alpha value is -1.46. The number of ether oxygens (including phenoxy) is 2. The highest BCUT2D eigenvalue weighted by Gasteiger charge is 2.27.